The second-order valence-electron chi connectivity index (χ2n) is 7.33. The number of carbonyl (C=O) groups is 1. The van der Waals surface area contributed by atoms with Crippen LogP contribution in [0, 0.1) is 6.92 Å². The molecular weight excluding hydrogens is 408 g/mol. The number of nitrogens with zero attached hydrogens (tertiary/aromatic N) is 2. The Labute approximate surface area is 174 Å². The van der Waals surface area contributed by atoms with E-state index in [2.05, 4.69) is 4.99 Å². The molecule has 152 valence electrons. The van der Waals surface area contributed by atoms with Gasteiger partial charge < -0.3 is 9.64 Å². The van der Waals surface area contributed by atoms with Crippen molar-refractivity contribution in [3.8, 4) is 5.75 Å². The fraction of sp³-hybridized carbons (Fsp3) is 0.333. The minimum Gasteiger partial charge on any atom is -0.497 e. The maximum Gasteiger partial charge on any atom is 0.252 e. The number of hydrogen-bond acceptors (Lipinski definition) is 5. The fourth-order valence-corrected chi connectivity index (χ4v) is 7.70. The summed E-state index contributed by atoms with van der Waals surface area (Å²) in [5, 5.41) is 0.428. The molecule has 8 heteroatoms. The first-order valence-corrected chi connectivity index (χ1v) is 12.0. The molecule has 0 bridgehead atoms. The summed E-state index contributed by atoms with van der Waals surface area (Å²) >= 11 is 1.38. The molecule has 29 heavy (non-hydrogen) atoms. The summed E-state index contributed by atoms with van der Waals surface area (Å²) in [6, 6.07) is 15.0. The molecule has 0 unspecified atom stereocenters. The van der Waals surface area contributed by atoms with E-state index in [4.69, 9.17) is 4.74 Å². The molecule has 2 heterocycles. The summed E-state index contributed by atoms with van der Waals surface area (Å²) in [5.41, 5.74) is 2.79. The van der Waals surface area contributed by atoms with E-state index in [0.717, 1.165) is 16.8 Å². The normalized spacial score (nSPS) is 23.9. The van der Waals surface area contributed by atoms with Crippen molar-refractivity contribution in [1.82, 2.24) is 0 Å². The third-order valence-corrected chi connectivity index (χ3v) is 8.27. The predicted molar refractivity (Wildman–Crippen MR) is 117 cm³/mol. The first-order valence-electron chi connectivity index (χ1n) is 9.32. The highest BCUT2D eigenvalue weighted by Gasteiger charge is 2.49. The largest absolute Gasteiger partial charge is 0.497 e. The van der Waals surface area contributed by atoms with Crippen molar-refractivity contribution >= 4 is 38.4 Å². The average Bonchev–Trinajstić information content (AvgIpc) is 3.12. The second kappa shape index (κ2) is 7.84. The van der Waals surface area contributed by atoms with Crippen LogP contribution in [0.3, 0.4) is 0 Å². The fourth-order valence-electron chi connectivity index (χ4n) is 3.77. The maximum absolute atomic E-state index is 12.7. The minimum atomic E-state index is -3.10. The lowest BCUT2D eigenvalue weighted by atomic mass is 10.1. The smallest absolute Gasteiger partial charge is 0.252 e. The quantitative estimate of drug-likeness (QED) is 0.743. The first-order chi connectivity index (χ1) is 13.8. The number of rotatable bonds is 4. The Morgan fingerprint density at radius 1 is 1.21 bits per heavy atom. The second-order valence-corrected chi connectivity index (χ2v) is 10.7. The van der Waals surface area contributed by atoms with Gasteiger partial charge >= 0.3 is 0 Å². The topological polar surface area (TPSA) is 76.0 Å². The number of carbonyl (C=O) groups excluding carboxylic acids is 1. The molecule has 2 aromatic carbocycles. The average molecular weight is 431 g/mol. The minimum absolute atomic E-state index is 0.0625. The Balaban J connectivity index is 1.65. The molecule has 2 aliphatic rings. The van der Waals surface area contributed by atoms with Gasteiger partial charge in [-0.25, -0.2) is 8.42 Å². The van der Waals surface area contributed by atoms with Crippen LogP contribution in [-0.4, -0.2) is 49.4 Å². The molecule has 0 radical (unpaired) electrons. The van der Waals surface area contributed by atoms with Crippen molar-refractivity contribution in [1.29, 1.82) is 0 Å². The van der Waals surface area contributed by atoms with Crippen LogP contribution in [0.15, 0.2) is 53.5 Å². The third-order valence-electron chi connectivity index (χ3n) is 5.06. The third kappa shape index (κ3) is 4.33. The van der Waals surface area contributed by atoms with Gasteiger partial charge in [-0.2, -0.15) is 4.99 Å². The van der Waals surface area contributed by atoms with Gasteiger partial charge in [-0.1, -0.05) is 47.7 Å². The zero-order valence-corrected chi connectivity index (χ0v) is 17.9. The van der Waals surface area contributed by atoms with Crippen molar-refractivity contribution in [2.24, 2.45) is 4.99 Å². The van der Waals surface area contributed by atoms with Gasteiger partial charge in [0.25, 0.3) is 5.91 Å². The van der Waals surface area contributed by atoms with Gasteiger partial charge in [0.1, 0.15) is 5.75 Å². The van der Waals surface area contributed by atoms with Crippen molar-refractivity contribution in [2.45, 2.75) is 24.6 Å². The number of amides is 1. The molecule has 2 saturated heterocycles. The number of hydrogen-bond donors (Lipinski definition) is 0. The highest BCUT2D eigenvalue weighted by Crippen LogP contribution is 2.41. The van der Waals surface area contributed by atoms with Crippen LogP contribution in [0.1, 0.15) is 11.1 Å². The highest BCUT2D eigenvalue weighted by molar-refractivity contribution is 8.16. The number of ether oxygens (including phenoxy) is 1. The van der Waals surface area contributed by atoms with Crippen LogP contribution in [0.2, 0.25) is 0 Å². The Kier molecular flexibility index (Phi) is 5.40. The van der Waals surface area contributed by atoms with Crippen molar-refractivity contribution < 1.29 is 17.9 Å². The van der Waals surface area contributed by atoms with Gasteiger partial charge in [0, 0.05) is 17.0 Å². The molecule has 1 amide bonds. The van der Waals surface area contributed by atoms with Gasteiger partial charge in [0.05, 0.1) is 31.1 Å². The summed E-state index contributed by atoms with van der Waals surface area (Å²) < 4.78 is 29.7. The van der Waals surface area contributed by atoms with E-state index in [1.165, 1.54) is 11.8 Å². The van der Waals surface area contributed by atoms with Gasteiger partial charge in [-0.15, -0.1) is 0 Å². The molecule has 2 fully saturated rings. The Morgan fingerprint density at radius 3 is 2.76 bits per heavy atom. The molecule has 2 atom stereocenters. The number of methoxy groups -OCH3 is 1. The SMILES string of the molecule is COc1cccc(N2C(=NC(=O)Cc3cccc(C)c3)S[C@@H]3CS(=O)(=O)C[C@@H]32)c1. The van der Waals surface area contributed by atoms with Crippen LogP contribution in [0.25, 0.3) is 0 Å². The van der Waals surface area contributed by atoms with Crippen LogP contribution in [0.4, 0.5) is 5.69 Å². The molecule has 2 aliphatic heterocycles. The predicted octanol–water partition coefficient (Wildman–Crippen LogP) is 2.85. The molecule has 2 aromatic rings. The number of benzene rings is 2. The summed E-state index contributed by atoms with van der Waals surface area (Å²) in [7, 11) is -1.52. The molecule has 0 saturated carbocycles. The molecule has 0 spiro atoms. The van der Waals surface area contributed by atoms with Crippen molar-refractivity contribution in [2.75, 3.05) is 23.5 Å². The van der Waals surface area contributed by atoms with Crippen LogP contribution >= 0.6 is 11.8 Å². The molecule has 0 N–H and O–H groups in total. The van der Waals surface area contributed by atoms with Gasteiger partial charge in [0.2, 0.25) is 0 Å². The number of aliphatic imine (C=N–C) groups is 1. The number of thioether (sulfide) groups is 1. The van der Waals surface area contributed by atoms with E-state index in [-0.39, 0.29) is 35.1 Å². The van der Waals surface area contributed by atoms with Gasteiger partial charge in [-0.3, -0.25) is 4.79 Å². The van der Waals surface area contributed by atoms with Crippen molar-refractivity contribution in [3.63, 3.8) is 0 Å². The lowest BCUT2D eigenvalue weighted by Crippen LogP contribution is -2.37. The zero-order valence-electron chi connectivity index (χ0n) is 16.2. The van der Waals surface area contributed by atoms with Crippen LogP contribution in [0.5, 0.6) is 5.75 Å². The summed E-state index contributed by atoms with van der Waals surface area (Å²) in [5.74, 6) is 0.594. The first kappa shape index (κ1) is 20.0. The molecule has 6 nitrogen and oxygen atoms in total. The molecular formula is C21H22N2O4S2. The number of aryl methyl sites for hydroxylation is 1. The van der Waals surface area contributed by atoms with Gasteiger partial charge in [-0.05, 0) is 24.6 Å². The molecule has 0 aromatic heterocycles. The maximum atomic E-state index is 12.7. The lowest BCUT2D eigenvalue weighted by Gasteiger charge is -2.24. The summed E-state index contributed by atoms with van der Waals surface area (Å²) in [6.45, 7) is 1.98. The van der Waals surface area contributed by atoms with Crippen LogP contribution in [-0.2, 0) is 21.1 Å². The van der Waals surface area contributed by atoms with E-state index in [0.29, 0.717) is 10.9 Å². The standard InChI is InChI=1S/C21H22N2O4S2/c1-14-5-3-6-15(9-14)10-20(24)22-21-23(16-7-4-8-17(11-16)27-2)18-12-29(25,26)13-19(18)28-21/h3-9,11,18-19H,10,12-13H2,1-2H3/t18-,19+/m0/s1. The Morgan fingerprint density at radius 2 is 2.00 bits per heavy atom. The zero-order chi connectivity index (χ0) is 20.6. The van der Waals surface area contributed by atoms with Crippen LogP contribution < -0.4 is 9.64 Å². The Bertz CT molecular complexity index is 1080. The summed E-state index contributed by atoms with van der Waals surface area (Å²) in [6.07, 6.45) is 0.214. The van der Waals surface area contributed by atoms with E-state index in [1.807, 2.05) is 60.4 Å². The number of fused-ring (bicyclic) bond motifs is 1. The van der Waals surface area contributed by atoms with Gasteiger partial charge in [0.15, 0.2) is 15.0 Å². The number of anilines is 1. The highest BCUT2D eigenvalue weighted by atomic mass is 32.2. The van der Waals surface area contributed by atoms with E-state index >= 15 is 0 Å². The lowest BCUT2D eigenvalue weighted by molar-refractivity contribution is -0.117. The number of sulfone groups is 1. The summed E-state index contributed by atoms with van der Waals surface area (Å²) in [4.78, 5) is 18.9. The number of amidine groups is 1. The molecule has 4 rings (SSSR count). The van der Waals surface area contributed by atoms with E-state index < -0.39 is 9.84 Å². The monoisotopic (exact) mass is 430 g/mol. The van der Waals surface area contributed by atoms with E-state index in [9.17, 15) is 13.2 Å². The molecule has 0 aliphatic carbocycles. The van der Waals surface area contributed by atoms with E-state index in [1.54, 1.807) is 7.11 Å². The Hall–Kier alpha value is -2.32. The van der Waals surface area contributed by atoms with Crippen molar-refractivity contribution in [3.05, 3.63) is 59.7 Å².